The Hall–Kier alpha value is -2.35. The van der Waals surface area contributed by atoms with Crippen LogP contribution in [0.1, 0.15) is 6.42 Å². The van der Waals surface area contributed by atoms with Gasteiger partial charge in [0.2, 0.25) is 0 Å². The first-order valence-electron chi connectivity index (χ1n) is 6.21. The van der Waals surface area contributed by atoms with E-state index in [0.717, 1.165) is 6.07 Å². The molecule has 0 aromatic heterocycles. The van der Waals surface area contributed by atoms with Crippen LogP contribution in [-0.2, 0) is 9.53 Å². The second-order valence-corrected chi connectivity index (χ2v) is 4.01. The van der Waals surface area contributed by atoms with Crippen LogP contribution in [0.2, 0.25) is 0 Å². The van der Waals surface area contributed by atoms with Gasteiger partial charge in [-0.05, 0) is 12.1 Å². The second kappa shape index (κ2) is 8.75. The number of carbonyl (C=O) groups is 2. The summed E-state index contributed by atoms with van der Waals surface area (Å²) in [4.78, 5) is 21.9. The molecule has 3 N–H and O–H groups in total. The van der Waals surface area contributed by atoms with Crippen LogP contribution in [0.25, 0.3) is 0 Å². The Bertz CT molecular complexity index is 495. The van der Waals surface area contributed by atoms with Crippen LogP contribution in [0.3, 0.4) is 0 Å². The topological polar surface area (TPSA) is 96.9 Å². The lowest BCUT2D eigenvalue weighted by Gasteiger charge is -2.13. The number of carboxylic acids is 1. The zero-order valence-electron chi connectivity index (χ0n) is 11.5. The van der Waals surface area contributed by atoms with Crippen molar-refractivity contribution in [3.8, 4) is 5.75 Å². The Labute approximate surface area is 121 Å². The van der Waals surface area contributed by atoms with Crippen LogP contribution in [0.5, 0.6) is 5.75 Å². The molecule has 0 unspecified atom stereocenters. The Morgan fingerprint density at radius 3 is 2.76 bits per heavy atom. The first-order valence-corrected chi connectivity index (χ1v) is 6.21. The molecule has 1 aromatic carbocycles. The highest BCUT2D eigenvalue weighted by atomic mass is 19.1. The number of urea groups is 1. The Kier molecular flexibility index (Phi) is 6.96. The summed E-state index contributed by atoms with van der Waals surface area (Å²) in [6.07, 6.45) is -0.201. The summed E-state index contributed by atoms with van der Waals surface area (Å²) in [5.74, 6) is -1.26. The van der Waals surface area contributed by atoms with Crippen molar-refractivity contribution in [3.05, 3.63) is 24.0 Å². The molecule has 0 spiro atoms. The molecule has 0 heterocycles. The minimum absolute atomic E-state index is 0.0314. The number of methoxy groups -OCH3 is 1. The first kappa shape index (κ1) is 16.7. The number of carboxylic acid groups (broad SMARTS) is 1. The molecule has 1 aromatic rings. The minimum Gasteiger partial charge on any atom is -0.489 e. The zero-order valence-corrected chi connectivity index (χ0v) is 11.5. The lowest BCUT2D eigenvalue weighted by atomic mass is 10.3. The van der Waals surface area contributed by atoms with E-state index in [2.05, 4.69) is 10.6 Å². The Balaban J connectivity index is 2.60. The summed E-state index contributed by atoms with van der Waals surface area (Å²) in [6, 6.07) is 3.06. The molecule has 0 fully saturated rings. The predicted molar refractivity (Wildman–Crippen MR) is 73.0 cm³/mol. The normalized spacial score (nSPS) is 10.0. The van der Waals surface area contributed by atoms with Gasteiger partial charge in [0.25, 0.3) is 0 Å². The highest BCUT2D eigenvalue weighted by molar-refractivity contribution is 5.91. The van der Waals surface area contributed by atoms with Gasteiger partial charge in [-0.15, -0.1) is 0 Å². The molecular formula is C13H17FN2O5. The molecule has 0 atom stereocenters. The second-order valence-electron chi connectivity index (χ2n) is 4.01. The van der Waals surface area contributed by atoms with Crippen molar-refractivity contribution in [1.29, 1.82) is 0 Å². The number of carbonyl (C=O) groups excluding carboxylic acids is 1. The molecule has 0 saturated heterocycles. The van der Waals surface area contributed by atoms with E-state index in [1.807, 2.05) is 0 Å². The predicted octanol–water partition coefficient (Wildman–Crippen LogP) is 1.45. The molecule has 0 bridgehead atoms. The number of hydrogen-bond acceptors (Lipinski definition) is 4. The van der Waals surface area contributed by atoms with Crippen LogP contribution in [0.15, 0.2) is 18.2 Å². The molecule has 2 amide bonds. The minimum atomic E-state index is -1.02. The van der Waals surface area contributed by atoms with Gasteiger partial charge in [-0.3, -0.25) is 4.79 Å². The molecule has 7 nitrogen and oxygen atoms in total. The van der Waals surface area contributed by atoms with Gasteiger partial charge in [-0.1, -0.05) is 0 Å². The van der Waals surface area contributed by atoms with Gasteiger partial charge in [0, 0.05) is 19.7 Å². The van der Waals surface area contributed by atoms with Gasteiger partial charge in [0.1, 0.15) is 18.2 Å². The van der Waals surface area contributed by atoms with E-state index >= 15 is 0 Å². The number of anilines is 1. The van der Waals surface area contributed by atoms with Crippen LogP contribution < -0.4 is 15.4 Å². The highest BCUT2D eigenvalue weighted by Crippen LogP contribution is 2.25. The number of hydrogen-bond donors (Lipinski definition) is 3. The third-order valence-electron chi connectivity index (χ3n) is 2.36. The van der Waals surface area contributed by atoms with Gasteiger partial charge in [0.15, 0.2) is 0 Å². The lowest BCUT2D eigenvalue weighted by molar-refractivity contribution is -0.136. The summed E-state index contributed by atoms with van der Waals surface area (Å²) in [6.45, 7) is 0.565. The van der Waals surface area contributed by atoms with Crippen LogP contribution in [-0.4, -0.2) is 44.0 Å². The molecule has 8 heteroatoms. The van der Waals surface area contributed by atoms with Crippen LogP contribution >= 0.6 is 0 Å². The zero-order chi connectivity index (χ0) is 15.7. The van der Waals surface area contributed by atoms with Gasteiger partial charge < -0.3 is 25.2 Å². The van der Waals surface area contributed by atoms with E-state index < -0.39 is 17.8 Å². The molecule has 0 aliphatic rings. The fourth-order valence-corrected chi connectivity index (χ4v) is 1.41. The molecule has 116 valence electrons. The third-order valence-corrected chi connectivity index (χ3v) is 2.36. The highest BCUT2D eigenvalue weighted by Gasteiger charge is 2.09. The monoisotopic (exact) mass is 300 g/mol. The summed E-state index contributed by atoms with van der Waals surface area (Å²) < 4.78 is 23.4. The quantitative estimate of drug-likeness (QED) is 0.631. The van der Waals surface area contributed by atoms with Gasteiger partial charge in [0.05, 0.1) is 18.7 Å². The van der Waals surface area contributed by atoms with Gasteiger partial charge in [-0.25, -0.2) is 9.18 Å². The number of amides is 2. The number of aliphatic carboxylic acids is 1. The van der Waals surface area contributed by atoms with Crippen LogP contribution in [0, 0.1) is 5.82 Å². The summed E-state index contributed by atoms with van der Waals surface area (Å²) in [5, 5.41) is 13.2. The molecule has 0 radical (unpaired) electrons. The third kappa shape index (κ3) is 6.57. The van der Waals surface area contributed by atoms with E-state index in [4.69, 9.17) is 14.6 Å². The fourth-order valence-electron chi connectivity index (χ4n) is 1.41. The Morgan fingerprint density at radius 2 is 2.10 bits per heavy atom. The first-order chi connectivity index (χ1) is 10.0. The van der Waals surface area contributed by atoms with E-state index in [9.17, 15) is 14.0 Å². The standard InChI is InChI=1S/C13H17FN2O5/c1-20-6-7-21-11-3-2-9(14)8-10(11)16-13(19)15-5-4-12(17)18/h2-3,8H,4-7H2,1H3,(H,17,18)(H2,15,16,19). The SMILES string of the molecule is COCCOc1ccc(F)cc1NC(=O)NCCC(=O)O. The maximum atomic E-state index is 13.2. The number of halogens is 1. The Morgan fingerprint density at radius 1 is 1.33 bits per heavy atom. The smallest absolute Gasteiger partial charge is 0.319 e. The fraction of sp³-hybridized carbons (Fsp3) is 0.385. The van der Waals surface area contributed by atoms with Crippen molar-refractivity contribution in [2.24, 2.45) is 0 Å². The molecule has 0 aliphatic heterocycles. The van der Waals surface area contributed by atoms with Crippen molar-refractivity contribution in [3.63, 3.8) is 0 Å². The van der Waals surface area contributed by atoms with E-state index in [-0.39, 0.29) is 25.3 Å². The maximum absolute atomic E-state index is 13.2. The largest absolute Gasteiger partial charge is 0.489 e. The van der Waals surface area contributed by atoms with E-state index in [1.54, 1.807) is 0 Å². The summed E-state index contributed by atoms with van der Waals surface area (Å²) >= 11 is 0. The molecule has 0 saturated carbocycles. The van der Waals surface area contributed by atoms with E-state index in [0.29, 0.717) is 12.4 Å². The van der Waals surface area contributed by atoms with Crippen molar-refractivity contribution in [2.45, 2.75) is 6.42 Å². The number of rotatable bonds is 8. The maximum Gasteiger partial charge on any atom is 0.319 e. The lowest BCUT2D eigenvalue weighted by Crippen LogP contribution is -2.30. The van der Waals surface area contributed by atoms with Gasteiger partial charge >= 0.3 is 12.0 Å². The molecule has 1 rings (SSSR count). The average Bonchev–Trinajstić information content (AvgIpc) is 2.41. The van der Waals surface area contributed by atoms with Crippen molar-refractivity contribution in [2.75, 3.05) is 32.2 Å². The number of benzene rings is 1. The number of ether oxygens (including phenoxy) is 2. The van der Waals surface area contributed by atoms with Gasteiger partial charge in [-0.2, -0.15) is 0 Å². The van der Waals surface area contributed by atoms with Crippen LogP contribution in [0.4, 0.5) is 14.9 Å². The molecule has 21 heavy (non-hydrogen) atoms. The summed E-state index contributed by atoms with van der Waals surface area (Å²) in [5.41, 5.74) is 0.152. The molecule has 0 aliphatic carbocycles. The molecular weight excluding hydrogens is 283 g/mol. The average molecular weight is 300 g/mol. The van der Waals surface area contributed by atoms with E-state index in [1.165, 1.54) is 19.2 Å². The summed E-state index contributed by atoms with van der Waals surface area (Å²) in [7, 11) is 1.52. The number of nitrogens with one attached hydrogen (secondary N) is 2. The van der Waals surface area contributed by atoms with Crippen molar-refractivity contribution < 1.29 is 28.6 Å². The van der Waals surface area contributed by atoms with Crippen molar-refractivity contribution >= 4 is 17.7 Å². The van der Waals surface area contributed by atoms with Crippen molar-refractivity contribution in [1.82, 2.24) is 5.32 Å².